The molecule has 1 aliphatic heterocycles. The minimum atomic E-state index is -3.52. The maximum Gasteiger partial charge on any atom is 0.263 e. The molecule has 7 heteroatoms. The van der Waals surface area contributed by atoms with E-state index in [1.165, 1.54) is 12.8 Å². The molecular formula is C18H25N3O3S. The topological polar surface area (TPSA) is 78.8 Å². The number of benzene rings is 1. The average molecular weight is 363 g/mol. The summed E-state index contributed by atoms with van der Waals surface area (Å²) in [5.74, 6) is 1.15. The number of carbonyl (C=O) groups excluding carboxylic acids is 1. The highest BCUT2D eigenvalue weighted by molar-refractivity contribution is 7.90. The van der Waals surface area contributed by atoms with Crippen molar-refractivity contribution in [2.45, 2.75) is 50.0 Å². The number of carbonyl (C=O) groups is 1. The third-order valence-electron chi connectivity index (χ3n) is 5.18. The van der Waals surface area contributed by atoms with Crippen LogP contribution in [0.5, 0.6) is 0 Å². The van der Waals surface area contributed by atoms with E-state index in [0.717, 1.165) is 18.8 Å². The van der Waals surface area contributed by atoms with E-state index in [0.29, 0.717) is 17.4 Å². The van der Waals surface area contributed by atoms with E-state index in [2.05, 4.69) is 16.6 Å². The second kappa shape index (κ2) is 7.15. The van der Waals surface area contributed by atoms with Crippen LogP contribution in [0.4, 0.5) is 0 Å². The molecule has 1 aromatic rings. The van der Waals surface area contributed by atoms with Gasteiger partial charge >= 0.3 is 0 Å². The van der Waals surface area contributed by atoms with Crippen LogP contribution in [0.15, 0.2) is 34.2 Å². The lowest BCUT2D eigenvalue weighted by Gasteiger charge is -2.33. The minimum absolute atomic E-state index is 0.0676. The number of hydrogen-bond acceptors (Lipinski definition) is 4. The van der Waals surface area contributed by atoms with Crippen LogP contribution >= 0.6 is 0 Å². The van der Waals surface area contributed by atoms with Crippen LogP contribution in [0.2, 0.25) is 0 Å². The van der Waals surface area contributed by atoms with E-state index < -0.39 is 10.0 Å². The van der Waals surface area contributed by atoms with Crippen molar-refractivity contribution in [2.24, 2.45) is 10.9 Å². The Balaban J connectivity index is 1.59. The van der Waals surface area contributed by atoms with Crippen molar-refractivity contribution in [3.8, 4) is 0 Å². The second-order valence-corrected chi connectivity index (χ2v) is 8.65. The van der Waals surface area contributed by atoms with Gasteiger partial charge in [-0.1, -0.05) is 19.1 Å². The van der Waals surface area contributed by atoms with E-state index in [1.807, 2.05) is 11.9 Å². The first-order chi connectivity index (χ1) is 11.9. The Morgan fingerprint density at radius 3 is 2.64 bits per heavy atom. The van der Waals surface area contributed by atoms with Crippen molar-refractivity contribution in [3.63, 3.8) is 0 Å². The fourth-order valence-electron chi connectivity index (χ4n) is 3.52. The zero-order valence-electron chi connectivity index (χ0n) is 14.7. The molecule has 0 radical (unpaired) electrons. The normalized spacial score (nSPS) is 26.1. The summed E-state index contributed by atoms with van der Waals surface area (Å²) >= 11 is 0. The molecule has 1 fully saturated rings. The summed E-state index contributed by atoms with van der Waals surface area (Å²) in [6.07, 6.45) is 4.75. The van der Waals surface area contributed by atoms with Crippen molar-refractivity contribution >= 4 is 21.8 Å². The van der Waals surface area contributed by atoms with Crippen LogP contribution in [-0.4, -0.2) is 44.7 Å². The predicted molar refractivity (Wildman–Crippen MR) is 97.0 cm³/mol. The zero-order valence-corrected chi connectivity index (χ0v) is 15.6. The highest BCUT2D eigenvalue weighted by Gasteiger charge is 2.30. The maximum atomic E-state index is 12.4. The molecule has 1 N–H and O–H groups in total. The van der Waals surface area contributed by atoms with Gasteiger partial charge in [-0.15, -0.1) is 0 Å². The Morgan fingerprint density at radius 2 is 1.92 bits per heavy atom. The third kappa shape index (κ3) is 3.86. The van der Waals surface area contributed by atoms with E-state index in [1.54, 1.807) is 24.3 Å². The summed E-state index contributed by atoms with van der Waals surface area (Å²) in [5, 5.41) is 0. The molecule has 0 saturated heterocycles. The molecule has 6 nitrogen and oxygen atoms in total. The van der Waals surface area contributed by atoms with Crippen LogP contribution in [0.3, 0.4) is 0 Å². The molecule has 1 saturated carbocycles. The van der Waals surface area contributed by atoms with Gasteiger partial charge in [-0.05, 0) is 43.7 Å². The highest BCUT2D eigenvalue weighted by atomic mass is 32.2. The molecule has 136 valence electrons. The molecule has 1 amide bonds. The van der Waals surface area contributed by atoms with Gasteiger partial charge in [-0.25, -0.2) is 8.42 Å². The second-order valence-electron chi connectivity index (χ2n) is 7.00. The van der Waals surface area contributed by atoms with Crippen molar-refractivity contribution in [2.75, 3.05) is 13.6 Å². The number of hydrogen-bond donors (Lipinski definition) is 1. The SMILES string of the molecule is CC1CCC(N(C)C(=O)CCN=C2NS(=O)(=O)c3ccccc32)CC1. The van der Waals surface area contributed by atoms with Crippen molar-refractivity contribution < 1.29 is 13.2 Å². The van der Waals surface area contributed by atoms with Crippen LogP contribution < -0.4 is 4.72 Å². The fraction of sp³-hybridized carbons (Fsp3) is 0.556. The lowest BCUT2D eigenvalue weighted by atomic mass is 9.86. The van der Waals surface area contributed by atoms with Gasteiger partial charge in [0, 0.05) is 25.1 Å². The van der Waals surface area contributed by atoms with Gasteiger partial charge in [-0.2, -0.15) is 0 Å². The number of nitrogens with one attached hydrogen (secondary N) is 1. The molecule has 0 atom stereocenters. The van der Waals surface area contributed by atoms with E-state index in [9.17, 15) is 13.2 Å². The third-order valence-corrected chi connectivity index (χ3v) is 6.58. The summed E-state index contributed by atoms with van der Waals surface area (Å²) in [5.41, 5.74) is 0.574. The van der Waals surface area contributed by atoms with Crippen molar-refractivity contribution in [3.05, 3.63) is 29.8 Å². The largest absolute Gasteiger partial charge is 0.343 e. The van der Waals surface area contributed by atoms with Gasteiger partial charge in [0.2, 0.25) is 5.91 Å². The van der Waals surface area contributed by atoms with Crippen LogP contribution in [0.1, 0.15) is 44.6 Å². The smallest absolute Gasteiger partial charge is 0.263 e. The van der Waals surface area contributed by atoms with Crippen LogP contribution in [0.25, 0.3) is 0 Å². The standard InChI is InChI=1S/C18H25N3O3S/c1-13-7-9-14(10-8-13)21(2)17(22)11-12-19-18-15-5-3-4-6-16(15)25(23,24)20-18/h3-6,13-14H,7-12H2,1-2H3,(H,19,20). The lowest BCUT2D eigenvalue weighted by Crippen LogP contribution is -2.39. The Kier molecular flexibility index (Phi) is 5.13. The Bertz CT molecular complexity index is 781. The molecule has 0 aromatic heterocycles. The summed E-state index contributed by atoms with van der Waals surface area (Å²) in [6.45, 7) is 2.53. The predicted octanol–water partition coefficient (Wildman–Crippen LogP) is 2.15. The quantitative estimate of drug-likeness (QED) is 0.890. The molecule has 1 heterocycles. The maximum absolute atomic E-state index is 12.4. The molecule has 2 aliphatic rings. The molecular weight excluding hydrogens is 338 g/mol. The Labute approximate surface area is 149 Å². The van der Waals surface area contributed by atoms with Gasteiger partial charge in [0.1, 0.15) is 5.84 Å². The molecule has 1 aromatic carbocycles. The number of rotatable bonds is 4. The molecule has 0 bridgehead atoms. The van der Waals surface area contributed by atoms with Gasteiger partial charge < -0.3 is 4.90 Å². The summed E-state index contributed by atoms with van der Waals surface area (Å²) in [7, 11) is -1.66. The Morgan fingerprint density at radius 1 is 1.24 bits per heavy atom. The summed E-state index contributed by atoms with van der Waals surface area (Å²) < 4.78 is 26.5. The molecule has 0 spiro atoms. The van der Waals surface area contributed by atoms with E-state index in [-0.39, 0.29) is 23.8 Å². The molecule has 3 rings (SSSR count). The van der Waals surface area contributed by atoms with Gasteiger partial charge in [0.25, 0.3) is 10.0 Å². The van der Waals surface area contributed by atoms with E-state index in [4.69, 9.17) is 0 Å². The van der Waals surface area contributed by atoms with E-state index >= 15 is 0 Å². The number of amidine groups is 1. The van der Waals surface area contributed by atoms with Gasteiger partial charge in [0.15, 0.2) is 0 Å². The lowest BCUT2D eigenvalue weighted by molar-refractivity contribution is -0.132. The first-order valence-corrected chi connectivity index (χ1v) is 10.3. The Hall–Kier alpha value is -1.89. The van der Waals surface area contributed by atoms with Gasteiger partial charge in [-0.3, -0.25) is 14.5 Å². The van der Waals surface area contributed by atoms with Gasteiger partial charge in [0.05, 0.1) is 11.4 Å². The number of nitrogens with zero attached hydrogens (tertiary/aromatic N) is 2. The fourth-order valence-corrected chi connectivity index (χ4v) is 4.78. The first kappa shape index (κ1) is 17.9. The molecule has 0 unspecified atom stereocenters. The van der Waals surface area contributed by atoms with Crippen LogP contribution in [0, 0.1) is 5.92 Å². The number of sulfonamides is 1. The first-order valence-electron chi connectivity index (χ1n) is 8.81. The van der Waals surface area contributed by atoms with Crippen molar-refractivity contribution in [1.82, 2.24) is 9.62 Å². The molecule has 25 heavy (non-hydrogen) atoms. The number of aliphatic imine (C=N–C) groups is 1. The molecule has 1 aliphatic carbocycles. The average Bonchev–Trinajstić information content (AvgIpc) is 2.86. The number of amides is 1. The zero-order chi connectivity index (χ0) is 18.0. The highest BCUT2D eigenvalue weighted by Crippen LogP contribution is 2.27. The minimum Gasteiger partial charge on any atom is -0.343 e. The summed E-state index contributed by atoms with van der Waals surface area (Å²) in [6, 6.07) is 7.07. The summed E-state index contributed by atoms with van der Waals surface area (Å²) in [4.78, 5) is 18.8. The van der Waals surface area contributed by atoms with Crippen LogP contribution in [-0.2, 0) is 14.8 Å². The monoisotopic (exact) mass is 363 g/mol. The number of fused-ring (bicyclic) bond motifs is 1. The van der Waals surface area contributed by atoms with Crippen molar-refractivity contribution in [1.29, 1.82) is 0 Å².